The van der Waals surface area contributed by atoms with Crippen molar-refractivity contribution in [2.75, 3.05) is 0 Å². The van der Waals surface area contributed by atoms with Gasteiger partial charge in [0.1, 0.15) is 5.01 Å². The lowest BCUT2D eigenvalue weighted by molar-refractivity contribution is 0.672. The maximum Gasteiger partial charge on any atom is 0.304 e. The summed E-state index contributed by atoms with van der Waals surface area (Å²) in [4.78, 5) is 22.6. The molecule has 20 heavy (non-hydrogen) atoms. The number of pyridine rings is 1. The lowest BCUT2D eigenvalue weighted by atomic mass is 10.3. The summed E-state index contributed by atoms with van der Waals surface area (Å²) < 4.78 is 0. The summed E-state index contributed by atoms with van der Waals surface area (Å²) in [5, 5.41) is 8.03. The lowest BCUT2D eigenvalue weighted by Gasteiger charge is -1.99. The monoisotopic (exact) mass is 304 g/mol. The van der Waals surface area contributed by atoms with Gasteiger partial charge in [0.05, 0.1) is 11.4 Å². The highest BCUT2D eigenvalue weighted by molar-refractivity contribution is 7.13. The zero-order valence-corrected chi connectivity index (χ0v) is 12.1. The Labute approximate surface area is 123 Å². The minimum Gasteiger partial charge on any atom is -0.315 e. The van der Waals surface area contributed by atoms with Crippen LogP contribution in [0.1, 0.15) is 11.4 Å². The third kappa shape index (κ3) is 3.19. The van der Waals surface area contributed by atoms with Crippen molar-refractivity contribution in [3.8, 4) is 10.7 Å². The molecule has 0 spiro atoms. The molecule has 0 radical (unpaired) electrons. The van der Waals surface area contributed by atoms with E-state index < -0.39 is 0 Å². The first-order valence-electron chi connectivity index (χ1n) is 6.04. The van der Waals surface area contributed by atoms with Crippen molar-refractivity contribution in [2.24, 2.45) is 0 Å². The van der Waals surface area contributed by atoms with Crippen molar-refractivity contribution >= 4 is 22.7 Å². The van der Waals surface area contributed by atoms with E-state index in [0.29, 0.717) is 13.1 Å². The number of nitrogens with zero attached hydrogens (tertiary/aromatic N) is 2. The second-order valence-electron chi connectivity index (χ2n) is 4.14. The Hall–Kier alpha value is -1.83. The van der Waals surface area contributed by atoms with Crippen LogP contribution in [0.3, 0.4) is 0 Å². The molecule has 7 heteroatoms. The number of nitrogens with one attached hydrogen (secondary N) is 2. The van der Waals surface area contributed by atoms with Crippen LogP contribution in [0, 0.1) is 0 Å². The number of rotatable bonds is 5. The number of H-pyrrole nitrogens is 1. The highest BCUT2D eigenvalue weighted by atomic mass is 32.1. The van der Waals surface area contributed by atoms with E-state index in [1.54, 1.807) is 17.5 Å². The second kappa shape index (κ2) is 6.08. The standard InChI is InChI=1S/C13H12N4OS2/c18-13-17-10(8-20-13)6-14-5-9-7-19-12(16-9)11-3-1-2-4-15-11/h1-4,7-8,14H,5-6H2,(H,17,18). The van der Waals surface area contributed by atoms with Crippen LogP contribution in [0.5, 0.6) is 0 Å². The van der Waals surface area contributed by atoms with Crippen molar-refractivity contribution in [1.29, 1.82) is 0 Å². The van der Waals surface area contributed by atoms with Gasteiger partial charge >= 0.3 is 4.87 Å². The minimum absolute atomic E-state index is 0.0205. The Morgan fingerprint density at radius 2 is 2.15 bits per heavy atom. The molecule has 3 aromatic rings. The molecular weight excluding hydrogens is 292 g/mol. The van der Waals surface area contributed by atoms with Crippen LogP contribution in [-0.4, -0.2) is 15.0 Å². The van der Waals surface area contributed by atoms with Crippen LogP contribution < -0.4 is 10.2 Å². The van der Waals surface area contributed by atoms with E-state index in [0.717, 1.165) is 22.1 Å². The maximum absolute atomic E-state index is 11.0. The average Bonchev–Trinajstić information content (AvgIpc) is 3.09. The van der Waals surface area contributed by atoms with E-state index in [-0.39, 0.29) is 4.87 Å². The first-order valence-corrected chi connectivity index (χ1v) is 7.80. The summed E-state index contributed by atoms with van der Waals surface area (Å²) in [6, 6.07) is 5.79. The Kier molecular flexibility index (Phi) is 4.00. The molecule has 0 amide bonds. The zero-order valence-electron chi connectivity index (χ0n) is 10.5. The molecule has 5 nitrogen and oxygen atoms in total. The summed E-state index contributed by atoms with van der Waals surface area (Å²) in [5.74, 6) is 0. The first kappa shape index (κ1) is 13.2. The third-order valence-corrected chi connectivity index (χ3v) is 4.26. The molecule has 3 rings (SSSR count). The van der Waals surface area contributed by atoms with E-state index >= 15 is 0 Å². The molecule has 2 N–H and O–H groups in total. The van der Waals surface area contributed by atoms with Crippen LogP contribution in [0.2, 0.25) is 0 Å². The smallest absolute Gasteiger partial charge is 0.304 e. The van der Waals surface area contributed by atoms with Gasteiger partial charge in [-0.05, 0) is 12.1 Å². The number of thiazole rings is 2. The summed E-state index contributed by atoms with van der Waals surface area (Å²) >= 11 is 2.76. The molecule has 0 aliphatic heterocycles. The molecule has 0 aliphatic rings. The van der Waals surface area contributed by atoms with Crippen molar-refractivity contribution in [1.82, 2.24) is 20.3 Å². The molecule has 3 heterocycles. The first-order chi connectivity index (χ1) is 9.81. The van der Waals surface area contributed by atoms with Crippen molar-refractivity contribution in [3.63, 3.8) is 0 Å². The molecule has 0 saturated heterocycles. The van der Waals surface area contributed by atoms with Gasteiger partial charge in [-0.25, -0.2) is 4.98 Å². The molecule has 102 valence electrons. The van der Waals surface area contributed by atoms with Crippen molar-refractivity contribution in [3.05, 3.63) is 56.2 Å². The Morgan fingerprint density at radius 3 is 2.90 bits per heavy atom. The fourth-order valence-electron chi connectivity index (χ4n) is 1.72. The Balaban J connectivity index is 1.59. The van der Waals surface area contributed by atoms with Gasteiger partial charge in [-0.1, -0.05) is 17.4 Å². The zero-order chi connectivity index (χ0) is 13.8. The molecule has 0 aliphatic carbocycles. The molecule has 0 fully saturated rings. The fraction of sp³-hybridized carbons (Fsp3) is 0.154. The molecule has 0 atom stereocenters. The van der Waals surface area contributed by atoms with Gasteiger partial charge in [-0.3, -0.25) is 9.78 Å². The Morgan fingerprint density at radius 1 is 1.20 bits per heavy atom. The largest absolute Gasteiger partial charge is 0.315 e. The van der Waals surface area contributed by atoms with E-state index in [4.69, 9.17) is 0 Å². The van der Waals surface area contributed by atoms with Gasteiger partial charge in [0.2, 0.25) is 0 Å². The number of aromatic amines is 1. The number of hydrogen-bond donors (Lipinski definition) is 2. The summed E-state index contributed by atoms with van der Waals surface area (Å²) in [6.07, 6.45) is 1.77. The van der Waals surface area contributed by atoms with Gasteiger partial charge in [0.15, 0.2) is 0 Å². The number of aromatic nitrogens is 3. The highest BCUT2D eigenvalue weighted by Gasteiger charge is 2.05. The molecular formula is C13H12N4OS2. The van der Waals surface area contributed by atoms with Crippen LogP contribution in [0.25, 0.3) is 10.7 Å². The molecule has 3 aromatic heterocycles. The summed E-state index contributed by atoms with van der Waals surface area (Å²) in [5.41, 5.74) is 2.78. The van der Waals surface area contributed by atoms with E-state index in [2.05, 4.69) is 20.3 Å². The van der Waals surface area contributed by atoms with Gasteiger partial charge in [-0.2, -0.15) is 0 Å². The topological polar surface area (TPSA) is 70.7 Å². The van der Waals surface area contributed by atoms with Crippen molar-refractivity contribution < 1.29 is 0 Å². The van der Waals surface area contributed by atoms with Crippen LogP contribution in [-0.2, 0) is 13.1 Å². The fourth-order valence-corrected chi connectivity index (χ4v) is 3.10. The third-order valence-electron chi connectivity index (χ3n) is 2.63. The average molecular weight is 304 g/mol. The predicted molar refractivity (Wildman–Crippen MR) is 80.8 cm³/mol. The van der Waals surface area contributed by atoms with E-state index in [1.807, 2.05) is 29.0 Å². The maximum atomic E-state index is 11.0. The molecule has 0 saturated carbocycles. The van der Waals surface area contributed by atoms with Crippen LogP contribution >= 0.6 is 22.7 Å². The van der Waals surface area contributed by atoms with Crippen LogP contribution in [0.15, 0.2) is 40.0 Å². The van der Waals surface area contributed by atoms with Gasteiger partial charge in [0, 0.05) is 35.7 Å². The molecule has 0 bridgehead atoms. The second-order valence-corrected chi connectivity index (χ2v) is 5.84. The van der Waals surface area contributed by atoms with E-state index in [1.165, 1.54) is 11.3 Å². The lowest BCUT2D eigenvalue weighted by Crippen LogP contribution is -2.14. The minimum atomic E-state index is -0.0205. The van der Waals surface area contributed by atoms with Gasteiger partial charge < -0.3 is 10.3 Å². The van der Waals surface area contributed by atoms with E-state index in [9.17, 15) is 4.79 Å². The highest BCUT2D eigenvalue weighted by Crippen LogP contribution is 2.21. The molecule has 0 unspecified atom stereocenters. The quantitative estimate of drug-likeness (QED) is 0.758. The summed E-state index contributed by atoms with van der Waals surface area (Å²) in [6.45, 7) is 1.30. The Bertz CT molecular complexity index is 732. The van der Waals surface area contributed by atoms with Gasteiger partial charge in [-0.15, -0.1) is 11.3 Å². The normalized spacial score (nSPS) is 10.8. The van der Waals surface area contributed by atoms with Crippen molar-refractivity contribution in [2.45, 2.75) is 13.1 Å². The predicted octanol–water partition coefficient (Wildman–Crippen LogP) is 2.24. The SMILES string of the molecule is O=c1[nH]c(CNCc2csc(-c3ccccn3)n2)cs1. The van der Waals surface area contributed by atoms with Gasteiger partial charge in [0.25, 0.3) is 0 Å². The summed E-state index contributed by atoms with van der Waals surface area (Å²) in [7, 11) is 0. The molecule has 0 aromatic carbocycles. The number of hydrogen-bond acceptors (Lipinski definition) is 6. The van der Waals surface area contributed by atoms with Crippen LogP contribution in [0.4, 0.5) is 0 Å².